The van der Waals surface area contributed by atoms with E-state index in [1.165, 1.54) is 18.2 Å². The molecule has 1 amide bonds. The van der Waals surface area contributed by atoms with E-state index >= 15 is 0 Å². The first-order chi connectivity index (χ1) is 7.89. The highest BCUT2D eigenvalue weighted by molar-refractivity contribution is 6.54. The van der Waals surface area contributed by atoms with Crippen LogP contribution in [0.2, 0.25) is 0 Å². The maximum atomic E-state index is 12.8. The average molecular weight is 284 g/mol. The van der Waals surface area contributed by atoms with Gasteiger partial charge in [0.1, 0.15) is 0 Å². The second-order valence-electron chi connectivity index (χ2n) is 3.09. The van der Waals surface area contributed by atoms with Crippen molar-refractivity contribution in [1.29, 1.82) is 0 Å². The smallest absolute Gasteiger partial charge is 0.395 e. The fraction of sp³-hybridized carbons (Fsp3) is 0.222. The molecule has 0 spiro atoms. The third-order valence-corrected chi connectivity index (χ3v) is 2.28. The third-order valence-electron chi connectivity index (χ3n) is 1.88. The molecule has 92 valence electrons. The van der Waals surface area contributed by atoms with Gasteiger partial charge in [-0.25, -0.2) is 0 Å². The van der Waals surface area contributed by atoms with Crippen molar-refractivity contribution in [2.24, 2.45) is 0 Å². The minimum absolute atomic E-state index is 0.0102. The van der Waals surface area contributed by atoms with E-state index in [1.807, 2.05) is 0 Å². The molecule has 8 heteroatoms. The first-order valence-corrected chi connectivity index (χ1v) is 5.24. The topological polar surface area (TPSA) is 47.6 Å². The maximum Gasteiger partial charge on any atom is 0.586 e. The predicted molar refractivity (Wildman–Crippen MR) is 56.8 cm³/mol. The van der Waals surface area contributed by atoms with Crippen LogP contribution in [0.4, 0.5) is 14.5 Å². The average Bonchev–Trinajstić information content (AvgIpc) is 2.53. The van der Waals surface area contributed by atoms with Crippen LogP contribution in [-0.4, -0.2) is 17.0 Å². The summed E-state index contributed by atoms with van der Waals surface area (Å²) in [6, 6.07) is 4.05. The van der Waals surface area contributed by atoms with Crippen molar-refractivity contribution < 1.29 is 23.0 Å². The second kappa shape index (κ2) is 4.19. The Morgan fingerprint density at radius 2 is 2.06 bits per heavy atom. The quantitative estimate of drug-likeness (QED) is 0.849. The van der Waals surface area contributed by atoms with Crippen molar-refractivity contribution in [2.45, 2.75) is 11.1 Å². The normalized spacial score (nSPS) is 16.1. The highest BCUT2D eigenvalue weighted by atomic mass is 35.5. The Balaban J connectivity index is 2.27. The van der Waals surface area contributed by atoms with Gasteiger partial charge in [-0.15, -0.1) is 8.78 Å². The number of nitrogens with one attached hydrogen (secondary N) is 1. The number of halogens is 4. The molecule has 0 radical (unpaired) electrons. The van der Waals surface area contributed by atoms with Gasteiger partial charge in [0.25, 0.3) is 5.91 Å². The number of rotatable bonds is 2. The lowest BCUT2D eigenvalue weighted by atomic mass is 10.2. The van der Waals surface area contributed by atoms with E-state index in [4.69, 9.17) is 23.2 Å². The van der Waals surface area contributed by atoms with E-state index < -0.39 is 17.0 Å². The molecule has 1 heterocycles. The number of carbonyl (C=O) groups is 1. The molecule has 0 atom stereocenters. The Kier molecular flexibility index (Phi) is 3.01. The lowest BCUT2D eigenvalue weighted by Gasteiger charge is -2.08. The van der Waals surface area contributed by atoms with Gasteiger partial charge in [-0.05, 0) is 12.1 Å². The first-order valence-electron chi connectivity index (χ1n) is 4.37. The summed E-state index contributed by atoms with van der Waals surface area (Å²) in [6.07, 6.45) is -3.75. The zero-order valence-corrected chi connectivity index (χ0v) is 9.56. The summed E-state index contributed by atoms with van der Waals surface area (Å²) in [7, 11) is 0. The highest BCUT2D eigenvalue weighted by Crippen LogP contribution is 2.45. The lowest BCUT2D eigenvalue weighted by molar-refractivity contribution is -0.286. The first kappa shape index (κ1) is 12.2. The molecule has 2 rings (SSSR count). The molecule has 4 nitrogen and oxygen atoms in total. The minimum Gasteiger partial charge on any atom is -0.395 e. The van der Waals surface area contributed by atoms with Crippen LogP contribution in [-0.2, 0) is 4.79 Å². The van der Waals surface area contributed by atoms with Crippen LogP contribution in [0.15, 0.2) is 18.2 Å². The molecule has 0 unspecified atom stereocenters. The van der Waals surface area contributed by atoms with Gasteiger partial charge in [0.15, 0.2) is 16.3 Å². The van der Waals surface area contributed by atoms with E-state index in [2.05, 4.69) is 14.8 Å². The molecule has 1 N–H and O–H groups in total. The molecule has 1 aromatic rings. The van der Waals surface area contributed by atoms with Crippen molar-refractivity contribution >= 4 is 34.8 Å². The Morgan fingerprint density at radius 3 is 2.71 bits per heavy atom. The van der Waals surface area contributed by atoms with Crippen LogP contribution in [0.1, 0.15) is 0 Å². The van der Waals surface area contributed by atoms with Gasteiger partial charge < -0.3 is 14.8 Å². The van der Waals surface area contributed by atoms with E-state index in [9.17, 15) is 13.6 Å². The number of fused-ring (bicyclic) bond motifs is 1. The second-order valence-corrected chi connectivity index (χ2v) is 4.19. The Labute approximate surface area is 104 Å². The molecule has 0 saturated carbocycles. The van der Waals surface area contributed by atoms with Crippen LogP contribution in [0, 0.1) is 0 Å². The van der Waals surface area contributed by atoms with Crippen LogP contribution < -0.4 is 14.8 Å². The number of alkyl halides is 4. The molecular weight excluding hydrogens is 279 g/mol. The van der Waals surface area contributed by atoms with Crippen LogP contribution >= 0.6 is 23.2 Å². The molecule has 0 aliphatic carbocycles. The minimum atomic E-state index is -3.75. The van der Waals surface area contributed by atoms with Crippen molar-refractivity contribution in [1.82, 2.24) is 0 Å². The van der Waals surface area contributed by atoms with Crippen molar-refractivity contribution in [3.63, 3.8) is 0 Å². The molecule has 0 fully saturated rings. The molecular formula is C9H5Cl2F2NO3. The van der Waals surface area contributed by atoms with Crippen molar-refractivity contribution in [3.8, 4) is 11.5 Å². The van der Waals surface area contributed by atoms with Crippen LogP contribution in [0.25, 0.3) is 0 Å². The molecule has 1 aliphatic heterocycles. The zero-order valence-electron chi connectivity index (χ0n) is 8.05. The molecule has 0 aromatic heterocycles. The van der Waals surface area contributed by atoms with Gasteiger partial charge in [-0.2, -0.15) is 0 Å². The zero-order chi connectivity index (χ0) is 12.6. The summed E-state index contributed by atoms with van der Waals surface area (Å²) in [5, 5.41) is 2.24. The summed E-state index contributed by atoms with van der Waals surface area (Å²) < 4.78 is 34.1. The van der Waals surface area contributed by atoms with Gasteiger partial charge >= 0.3 is 6.29 Å². The van der Waals surface area contributed by atoms with E-state index in [0.29, 0.717) is 0 Å². The summed E-state index contributed by atoms with van der Waals surface area (Å²) in [5.41, 5.74) is 0.0102. The van der Waals surface area contributed by atoms with E-state index in [0.717, 1.165) is 0 Å². The van der Waals surface area contributed by atoms with Gasteiger partial charge in [0.05, 0.1) is 5.69 Å². The number of amides is 1. The monoisotopic (exact) mass is 283 g/mol. The number of ether oxygens (including phenoxy) is 2. The summed E-state index contributed by atoms with van der Waals surface area (Å²) in [6.45, 7) is 0. The standard InChI is InChI=1S/C9H5Cl2F2NO3/c10-7(11)8(15)14-4-2-1-3-5-6(4)17-9(12,13)16-5/h1-3,7H,(H,14,15). The molecule has 0 saturated heterocycles. The summed E-state index contributed by atoms with van der Waals surface area (Å²) in [5.74, 6) is -1.19. The van der Waals surface area contributed by atoms with Crippen molar-refractivity contribution in [3.05, 3.63) is 18.2 Å². The van der Waals surface area contributed by atoms with Crippen LogP contribution in [0.3, 0.4) is 0 Å². The van der Waals surface area contributed by atoms with Gasteiger partial charge in [-0.1, -0.05) is 29.3 Å². The van der Waals surface area contributed by atoms with Gasteiger partial charge in [0, 0.05) is 0 Å². The van der Waals surface area contributed by atoms with Gasteiger partial charge in [-0.3, -0.25) is 4.79 Å². The molecule has 0 bridgehead atoms. The fourth-order valence-corrected chi connectivity index (χ4v) is 1.36. The largest absolute Gasteiger partial charge is 0.586 e. The maximum absolute atomic E-state index is 12.8. The fourth-order valence-electron chi connectivity index (χ4n) is 1.25. The molecule has 1 aliphatic rings. The predicted octanol–water partition coefficient (Wildman–Crippen LogP) is 2.75. The van der Waals surface area contributed by atoms with Gasteiger partial charge in [0.2, 0.25) is 0 Å². The van der Waals surface area contributed by atoms with E-state index in [1.54, 1.807) is 0 Å². The highest BCUT2D eigenvalue weighted by Gasteiger charge is 2.44. The lowest BCUT2D eigenvalue weighted by Crippen LogP contribution is -2.26. The number of para-hydroxylation sites is 1. The number of hydrogen-bond donors (Lipinski definition) is 1. The molecule has 17 heavy (non-hydrogen) atoms. The third kappa shape index (κ3) is 2.53. The number of benzene rings is 1. The Hall–Kier alpha value is -1.27. The summed E-state index contributed by atoms with van der Waals surface area (Å²) in [4.78, 5) is 9.90. The number of hydrogen-bond acceptors (Lipinski definition) is 3. The van der Waals surface area contributed by atoms with E-state index in [-0.39, 0.29) is 17.2 Å². The Bertz CT molecular complexity index is 468. The number of carbonyl (C=O) groups excluding carboxylic acids is 1. The SMILES string of the molecule is O=C(Nc1cccc2c1OC(F)(F)O2)C(Cl)Cl. The van der Waals surface area contributed by atoms with Crippen LogP contribution in [0.5, 0.6) is 11.5 Å². The Morgan fingerprint density at radius 1 is 1.35 bits per heavy atom. The summed E-state index contributed by atoms with van der Waals surface area (Å²) >= 11 is 10.6. The number of anilines is 1. The molecule has 1 aromatic carbocycles. The van der Waals surface area contributed by atoms with Crippen molar-refractivity contribution in [2.75, 3.05) is 5.32 Å².